The number of benzene rings is 1. The molecule has 0 aliphatic heterocycles. The van der Waals surface area contributed by atoms with Gasteiger partial charge in [0.2, 0.25) is 0 Å². The van der Waals surface area contributed by atoms with Gasteiger partial charge in [0.1, 0.15) is 11.4 Å². The highest BCUT2D eigenvalue weighted by atomic mass is 16.6. The molecule has 0 radical (unpaired) electrons. The molecule has 94 valence electrons. The first-order valence-electron chi connectivity index (χ1n) is 5.78. The molecule has 0 spiro atoms. The average molecular weight is 236 g/mol. The predicted octanol–water partition coefficient (Wildman–Crippen LogP) is 3.43. The van der Waals surface area contributed by atoms with Crippen LogP contribution in [0.1, 0.15) is 45.0 Å². The molecule has 0 aliphatic carbocycles. The first-order valence-corrected chi connectivity index (χ1v) is 5.78. The third kappa shape index (κ3) is 4.89. The highest BCUT2D eigenvalue weighted by Crippen LogP contribution is 2.18. The van der Waals surface area contributed by atoms with Gasteiger partial charge >= 0.3 is 5.97 Å². The van der Waals surface area contributed by atoms with Gasteiger partial charge in [0.05, 0.1) is 11.7 Å². The van der Waals surface area contributed by atoms with Gasteiger partial charge in [-0.05, 0) is 52.8 Å². The minimum absolute atomic E-state index is 0.0869. The second-order valence-corrected chi connectivity index (χ2v) is 5.20. The van der Waals surface area contributed by atoms with Gasteiger partial charge < -0.3 is 9.47 Å². The fraction of sp³-hybridized carbons (Fsp3) is 0.500. The molecule has 1 aromatic rings. The maximum absolute atomic E-state index is 11.8. The van der Waals surface area contributed by atoms with E-state index in [9.17, 15) is 4.79 Å². The van der Waals surface area contributed by atoms with E-state index in [1.54, 1.807) is 18.2 Å². The highest BCUT2D eigenvalue weighted by Gasteiger charge is 2.18. The van der Waals surface area contributed by atoms with Crippen LogP contribution in [0.4, 0.5) is 0 Å². The summed E-state index contributed by atoms with van der Waals surface area (Å²) in [4.78, 5) is 11.8. The zero-order valence-electron chi connectivity index (χ0n) is 11.1. The lowest BCUT2D eigenvalue weighted by molar-refractivity contribution is 0.00689. The molecule has 0 amide bonds. The first kappa shape index (κ1) is 13.6. The molecule has 0 heterocycles. The highest BCUT2D eigenvalue weighted by molar-refractivity contribution is 5.90. The van der Waals surface area contributed by atoms with E-state index in [1.165, 1.54) is 0 Å². The summed E-state index contributed by atoms with van der Waals surface area (Å²) in [5, 5.41) is 0. The molecule has 0 fully saturated rings. The van der Waals surface area contributed by atoms with Crippen LogP contribution in [0.2, 0.25) is 0 Å². The fourth-order valence-electron chi connectivity index (χ4n) is 1.31. The van der Waals surface area contributed by atoms with Crippen LogP contribution >= 0.6 is 0 Å². The van der Waals surface area contributed by atoms with Crippen LogP contribution in [0, 0.1) is 0 Å². The molecule has 0 N–H and O–H groups in total. The van der Waals surface area contributed by atoms with Crippen LogP contribution < -0.4 is 4.74 Å². The molecule has 17 heavy (non-hydrogen) atoms. The van der Waals surface area contributed by atoms with Crippen molar-refractivity contribution < 1.29 is 14.3 Å². The maximum Gasteiger partial charge on any atom is 0.338 e. The minimum Gasteiger partial charge on any atom is -0.491 e. The Balaban J connectivity index is 2.81. The molecule has 0 unspecified atom stereocenters. The van der Waals surface area contributed by atoms with Gasteiger partial charge in [-0.1, -0.05) is 6.07 Å². The van der Waals surface area contributed by atoms with E-state index in [1.807, 2.05) is 40.7 Å². The molecule has 0 aliphatic rings. The molecule has 0 saturated heterocycles. The number of ether oxygens (including phenoxy) is 2. The number of hydrogen-bond acceptors (Lipinski definition) is 3. The van der Waals surface area contributed by atoms with Crippen molar-refractivity contribution in [2.75, 3.05) is 0 Å². The van der Waals surface area contributed by atoms with E-state index >= 15 is 0 Å². The lowest BCUT2D eigenvalue weighted by Crippen LogP contribution is -2.23. The number of rotatable bonds is 3. The second kappa shape index (κ2) is 5.21. The van der Waals surface area contributed by atoms with Gasteiger partial charge in [0.15, 0.2) is 0 Å². The Bertz CT molecular complexity index is 389. The molecule has 1 rings (SSSR count). The standard InChI is InChI=1S/C14H20O3/c1-10(2)16-12-8-6-7-11(9-12)13(15)17-14(3,4)5/h6-10H,1-5H3. The van der Waals surface area contributed by atoms with Crippen LogP contribution in [-0.2, 0) is 4.74 Å². The first-order chi connectivity index (χ1) is 7.78. The second-order valence-electron chi connectivity index (χ2n) is 5.20. The van der Waals surface area contributed by atoms with Crippen molar-refractivity contribution in [2.24, 2.45) is 0 Å². The van der Waals surface area contributed by atoms with E-state index in [0.29, 0.717) is 11.3 Å². The number of carbonyl (C=O) groups excluding carboxylic acids is 1. The minimum atomic E-state index is -0.480. The van der Waals surface area contributed by atoms with Crippen LogP contribution in [-0.4, -0.2) is 17.7 Å². The van der Waals surface area contributed by atoms with E-state index < -0.39 is 5.60 Å². The quantitative estimate of drug-likeness (QED) is 0.754. The molecule has 0 bridgehead atoms. The monoisotopic (exact) mass is 236 g/mol. The van der Waals surface area contributed by atoms with Gasteiger partial charge in [-0.3, -0.25) is 0 Å². The largest absolute Gasteiger partial charge is 0.491 e. The average Bonchev–Trinajstić information content (AvgIpc) is 2.14. The third-order valence-electron chi connectivity index (χ3n) is 1.84. The van der Waals surface area contributed by atoms with Crippen molar-refractivity contribution in [3.8, 4) is 5.75 Å². The van der Waals surface area contributed by atoms with Crippen molar-refractivity contribution >= 4 is 5.97 Å². The maximum atomic E-state index is 11.8. The molecule has 3 heteroatoms. The SMILES string of the molecule is CC(C)Oc1cccc(C(=O)OC(C)(C)C)c1. The Morgan fingerprint density at radius 1 is 1.24 bits per heavy atom. The summed E-state index contributed by atoms with van der Waals surface area (Å²) in [5.74, 6) is 0.357. The summed E-state index contributed by atoms with van der Waals surface area (Å²) in [5.41, 5.74) is 0.0319. The van der Waals surface area contributed by atoms with Crippen LogP contribution in [0.3, 0.4) is 0 Å². The number of carbonyl (C=O) groups is 1. The lowest BCUT2D eigenvalue weighted by atomic mass is 10.1. The van der Waals surface area contributed by atoms with E-state index in [-0.39, 0.29) is 12.1 Å². The number of hydrogen-bond donors (Lipinski definition) is 0. The Labute approximate surface area is 103 Å². The zero-order chi connectivity index (χ0) is 13.1. The molecule has 3 nitrogen and oxygen atoms in total. The third-order valence-corrected chi connectivity index (χ3v) is 1.84. The normalized spacial score (nSPS) is 11.4. The van der Waals surface area contributed by atoms with Crippen molar-refractivity contribution in [3.05, 3.63) is 29.8 Å². The summed E-state index contributed by atoms with van der Waals surface area (Å²) in [6.07, 6.45) is 0.0869. The Morgan fingerprint density at radius 3 is 2.41 bits per heavy atom. The molecule has 1 aromatic carbocycles. The summed E-state index contributed by atoms with van der Waals surface area (Å²) in [6.45, 7) is 9.43. The molecular weight excluding hydrogens is 216 g/mol. The van der Waals surface area contributed by atoms with Crippen molar-refractivity contribution in [1.82, 2.24) is 0 Å². The van der Waals surface area contributed by atoms with Gasteiger partial charge in [-0.25, -0.2) is 4.79 Å². The Kier molecular flexibility index (Phi) is 4.16. The predicted molar refractivity (Wildman–Crippen MR) is 67.4 cm³/mol. The fourth-order valence-corrected chi connectivity index (χ4v) is 1.31. The van der Waals surface area contributed by atoms with E-state index in [2.05, 4.69) is 0 Å². The van der Waals surface area contributed by atoms with Crippen molar-refractivity contribution in [1.29, 1.82) is 0 Å². The van der Waals surface area contributed by atoms with Gasteiger partial charge in [0.25, 0.3) is 0 Å². The zero-order valence-corrected chi connectivity index (χ0v) is 11.1. The molecule has 0 saturated carbocycles. The van der Waals surface area contributed by atoms with Crippen molar-refractivity contribution in [2.45, 2.75) is 46.3 Å². The summed E-state index contributed by atoms with van der Waals surface area (Å²) in [6, 6.07) is 7.04. The summed E-state index contributed by atoms with van der Waals surface area (Å²) >= 11 is 0. The smallest absolute Gasteiger partial charge is 0.338 e. The van der Waals surface area contributed by atoms with Crippen molar-refractivity contribution in [3.63, 3.8) is 0 Å². The topological polar surface area (TPSA) is 35.5 Å². The molecular formula is C14H20O3. The van der Waals surface area contributed by atoms with Gasteiger partial charge in [-0.15, -0.1) is 0 Å². The van der Waals surface area contributed by atoms with Crippen LogP contribution in [0.25, 0.3) is 0 Å². The van der Waals surface area contributed by atoms with E-state index in [0.717, 1.165) is 0 Å². The Hall–Kier alpha value is -1.51. The summed E-state index contributed by atoms with van der Waals surface area (Å²) < 4.78 is 10.8. The van der Waals surface area contributed by atoms with Crippen LogP contribution in [0.15, 0.2) is 24.3 Å². The van der Waals surface area contributed by atoms with Gasteiger partial charge in [0, 0.05) is 0 Å². The number of esters is 1. The van der Waals surface area contributed by atoms with Gasteiger partial charge in [-0.2, -0.15) is 0 Å². The Morgan fingerprint density at radius 2 is 1.88 bits per heavy atom. The van der Waals surface area contributed by atoms with Crippen LogP contribution in [0.5, 0.6) is 5.75 Å². The van der Waals surface area contributed by atoms with E-state index in [4.69, 9.17) is 9.47 Å². The molecule has 0 atom stereocenters. The summed E-state index contributed by atoms with van der Waals surface area (Å²) in [7, 11) is 0. The lowest BCUT2D eigenvalue weighted by Gasteiger charge is -2.19. The molecule has 0 aromatic heterocycles.